The minimum absolute atomic E-state index is 0.0707. The van der Waals surface area contributed by atoms with Crippen LogP contribution in [0.25, 0.3) is 31.3 Å². The summed E-state index contributed by atoms with van der Waals surface area (Å²) in [7, 11) is -2.98. The number of thiophene rings is 1. The van der Waals surface area contributed by atoms with Gasteiger partial charge in [0, 0.05) is 59.7 Å². The Labute approximate surface area is 398 Å². The van der Waals surface area contributed by atoms with Gasteiger partial charge in [0.2, 0.25) is 0 Å². The van der Waals surface area contributed by atoms with Gasteiger partial charge in [0.15, 0.2) is 8.07 Å². The zero-order valence-electron chi connectivity index (χ0n) is 37.6. The van der Waals surface area contributed by atoms with Gasteiger partial charge in [-0.3, -0.25) is 0 Å². The van der Waals surface area contributed by atoms with Crippen LogP contribution in [0.2, 0.25) is 0 Å². The van der Waals surface area contributed by atoms with Crippen LogP contribution in [0.3, 0.4) is 0 Å². The van der Waals surface area contributed by atoms with Crippen molar-refractivity contribution in [3.8, 4) is 11.1 Å². The number of rotatable bonds is 10. The Kier molecular flexibility index (Phi) is 10.1. The standard InChI is InChI=1S/C63H48N2SSi/c1-63(2)59-32-17-15-30-55(59)57-43-49(36-40-60(57)63)65(46-22-9-4-10-23-46)48-24-19-29-54(42-48)67(51-25-11-5-12-26-51,52-27-13-6-14-28-52)53-38-34-47(35-39-53)64(45-20-7-3-8-21-45)50-37-41-62-58(44-50)56-31-16-18-33-61(56)66-62/h3-44H,1-2H3. The fourth-order valence-electron chi connectivity index (χ4n) is 10.9. The van der Waals surface area contributed by atoms with Crippen molar-refractivity contribution in [1.82, 2.24) is 0 Å². The van der Waals surface area contributed by atoms with E-state index in [4.69, 9.17) is 0 Å². The molecule has 0 amide bonds. The second-order valence-electron chi connectivity index (χ2n) is 18.1. The van der Waals surface area contributed by atoms with Crippen LogP contribution in [0, 0.1) is 0 Å². The fourth-order valence-corrected chi connectivity index (χ4v) is 16.7. The normalized spacial score (nSPS) is 12.7. The molecule has 1 aromatic heterocycles. The monoisotopic (exact) mass is 892 g/mol. The van der Waals surface area contributed by atoms with Crippen molar-refractivity contribution in [2.45, 2.75) is 19.3 Å². The van der Waals surface area contributed by atoms with Crippen LogP contribution in [0.5, 0.6) is 0 Å². The summed E-state index contributed by atoms with van der Waals surface area (Å²) in [4.78, 5) is 4.85. The summed E-state index contributed by atoms with van der Waals surface area (Å²) in [6.45, 7) is 4.70. The average Bonchev–Trinajstić information content (AvgIpc) is 3.87. The van der Waals surface area contributed by atoms with E-state index in [-0.39, 0.29) is 5.41 Å². The van der Waals surface area contributed by atoms with E-state index in [1.807, 2.05) is 11.3 Å². The molecule has 4 heteroatoms. The van der Waals surface area contributed by atoms with E-state index in [0.717, 1.165) is 34.1 Å². The van der Waals surface area contributed by atoms with Crippen molar-refractivity contribution in [3.63, 3.8) is 0 Å². The first-order valence-corrected chi connectivity index (χ1v) is 26.0. The SMILES string of the molecule is CC1(C)c2ccccc2-c2cc(N(c3ccccc3)c3cccc([Si](c4ccccc4)(c4ccccc4)c4ccc(N(c5ccccc5)c5ccc6sc7ccccc7c6c5)cc4)c3)ccc21. The summed E-state index contributed by atoms with van der Waals surface area (Å²) in [5.74, 6) is 0. The van der Waals surface area contributed by atoms with Crippen molar-refractivity contribution in [2.75, 3.05) is 9.80 Å². The summed E-state index contributed by atoms with van der Waals surface area (Å²) >= 11 is 1.86. The second-order valence-corrected chi connectivity index (χ2v) is 23.0. The summed E-state index contributed by atoms with van der Waals surface area (Å²) in [5, 5.41) is 7.90. The molecule has 11 aromatic rings. The van der Waals surface area contributed by atoms with Crippen LogP contribution in [0.4, 0.5) is 34.1 Å². The molecular weight excluding hydrogens is 845 g/mol. The molecule has 0 atom stereocenters. The zero-order chi connectivity index (χ0) is 45.0. The number of para-hydroxylation sites is 2. The molecule has 1 aliphatic rings. The number of hydrogen-bond acceptors (Lipinski definition) is 3. The summed E-state index contributed by atoms with van der Waals surface area (Å²) < 4.78 is 2.61. The van der Waals surface area contributed by atoms with E-state index in [0.29, 0.717) is 0 Å². The van der Waals surface area contributed by atoms with E-state index in [1.54, 1.807) is 0 Å². The number of benzene rings is 10. The van der Waals surface area contributed by atoms with Crippen molar-refractivity contribution in [3.05, 3.63) is 266 Å². The Bertz CT molecular complexity index is 3510. The highest BCUT2D eigenvalue weighted by molar-refractivity contribution is 7.25. The van der Waals surface area contributed by atoms with Crippen LogP contribution in [-0.4, -0.2) is 8.07 Å². The van der Waals surface area contributed by atoms with Gasteiger partial charge in [-0.1, -0.05) is 184 Å². The van der Waals surface area contributed by atoms with Crippen LogP contribution < -0.4 is 30.5 Å². The van der Waals surface area contributed by atoms with Crippen molar-refractivity contribution >= 4 is 94.5 Å². The third kappa shape index (κ3) is 6.83. The van der Waals surface area contributed by atoms with Crippen LogP contribution >= 0.6 is 11.3 Å². The molecule has 0 N–H and O–H groups in total. The molecule has 1 heterocycles. The van der Waals surface area contributed by atoms with E-state index in [2.05, 4.69) is 278 Å². The smallest absolute Gasteiger partial charge is 0.179 e. The molecule has 2 nitrogen and oxygen atoms in total. The lowest BCUT2D eigenvalue weighted by molar-refractivity contribution is 0.660. The van der Waals surface area contributed by atoms with Crippen LogP contribution in [-0.2, 0) is 5.41 Å². The first-order valence-electron chi connectivity index (χ1n) is 23.2. The fraction of sp³-hybridized carbons (Fsp3) is 0.0476. The molecule has 0 spiro atoms. The Morgan fingerprint density at radius 2 is 0.761 bits per heavy atom. The van der Waals surface area contributed by atoms with Gasteiger partial charge in [-0.25, -0.2) is 0 Å². The minimum atomic E-state index is -2.98. The predicted molar refractivity (Wildman–Crippen MR) is 290 cm³/mol. The highest BCUT2D eigenvalue weighted by Crippen LogP contribution is 2.50. The van der Waals surface area contributed by atoms with E-state index < -0.39 is 8.07 Å². The van der Waals surface area contributed by atoms with Gasteiger partial charge in [0.05, 0.1) is 0 Å². The Hall–Kier alpha value is -7.76. The van der Waals surface area contributed by atoms with Gasteiger partial charge in [0.1, 0.15) is 0 Å². The first-order chi connectivity index (χ1) is 33.0. The summed E-state index contributed by atoms with van der Waals surface area (Å²) in [6, 6.07) is 94.8. The third-order valence-corrected chi connectivity index (χ3v) is 19.9. The maximum Gasteiger partial charge on any atom is 0.179 e. The molecule has 12 rings (SSSR count). The number of fused-ring (bicyclic) bond motifs is 6. The van der Waals surface area contributed by atoms with Crippen molar-refractivity contribution in [2.24, 2.45) is 0 Å². The highest BCUT2D eigenvalue weighted by atomic mass is 32.1. The molecule has 0 saturated heterocycles. The Balaban J connectivity index is 1.04. The average molecular weight is 893 g/mol. The molecule has 0 unspecified atom stereocenters. The molecule has 0 radical (unpaired) electrons. The molecule has 0 saturated carbocycles. The second kappa shape index (κ2) is 16.6. The van der Waals surface area contributed by atoms with Gasteiger partial charge in [-0.05, 0) is 128 Å². The van der Waals surface area contributed by atoms with E-state index in [9.17, 15) is 0 Å². The lowest BCUT2D eigenvalue weighted by atomic mass is 9.82. The van der Waals surface area contributed by atoms with Gasteiger partial charge in [-0.2, -0.15) is 0 Å². The van der Waals surface area contributed by atoms with Gasteiger partial charge < -0.3 is 9.80 Å². The van der Waals surface area contributed by atoms with E-state index >= 15 is 0 Å². The lowest BCUT2D eigenvalue weighted by Gasteiger charge is -2.36. The highest BCUT2D eigenvalue weighted by Gasteiger charge is 2.42. The summed E-state index contributed by atoms with van der Waals surface area (Å²) in [6.07, 6.45) is 0. The quantitative estimate of drug-likeness (QED) is 0.0997. The van der Waals surface area contributed by atoms with Gasteiger partial charge >= 0.3 is 0 Å². The Morgan fingerprint density at radius 1 is 0.313 bits per heavy atom. The van der Waals surface area contributed by atoms with Gasteiger partial charge in [-0.15, -0.1) is 11.3 Å². The van der Waals surface area contributed by atoms with Crippen LogP contribution in [0.1, 0.15) is 25.0 Å². The molecule has 0 fully saturated rings. The predicted octanol–water partition coefficient (Wildman–Crippen LogP) is 14.7. The molecule has 0 aliphatic heterocycles. The Morgan fingerprint density at radius 3 is 1.45 bits per heavy atom. The molecule has 10 aromatic carbocycles. The first kappa shape index (κ1) is 40.7. The van der Waals surface area contributed by atoms with Crippen LogP contribution in [0.15, 0.2) is 255 Å². The maximum atomic E-state index is 2.48. The van der Waals surface area contributed by atoms with Crippen molar-refractivity contribution < 1.29 is 0 Å². The topological polar surface area (TPSA) is 6.48 Å². The zero-order valence-corrected chi connectivity index (χ0v) is 39.4. The molecule has 320 valence electrons. The molecule has 67 heavy (non-hydrogen) atoms. The van der Waals surface area contributed by atoms with Gasteiger partial charge in [0.25, 0.3) is 0 Å². The lowest BCUT2D eigenvalue weighted by Crippen LogP contribution is -2.74. The summed E-state index contributed by atoms with van der Waals surface area (Å²) in [5.41, 5.74) is 12.1. The number of hydrogen-bond donors (Lipinski definition) is 0. The molecular formula is C63H48N2SSi. The van der Waals surface area contributed by atoms with Crippen molar-refractivity contribution in [1.29, 1.82) is 0 Å². The van der Waals surface area contributed by atoms with E-state index in [1.165, 1.54) is 63.2 Å². The minimum Gasteiger partial charge on any atom is -0.310 e. The number of anilines is 6. The largest absolute Gasteiger partial charge is 0.310 e. The number of nitrogens with zero attached hydrogens (tertiary/aromatic N) is 2. The molecule has 0 bridgehead atoms. The third-order valence-electron chi connectivity index (χ3n) is 14.0. The maximum absolute atomic E-state index is 2.98. The molecule has 1 aliphatic carbocycles.